The average molecular weight is 507 g/mol. The Hall–Kier alpha value is -3.04. The van der Waals surface area contributed by atoms with Gasteiger partial charge in [-0.25, -0.2) is 0 Å². The van der Waals surface area contributed by atoms with E-state index >= 15 is 0 Å². The van der Waals surface area contributed by atoms with Crippen molar-refractivity contribution in [1.82, 2.24) is 29.5 Å². The smallest absolute Gasteiger partial charge is 0.230 e. The fourth-order valence-electron chi connectivity index (χ4n) is 4.04. The molecule has 170 valence electrons. The van der Waals surface area contributed by atoms with Gasteiger partial charge in [0.05, 0.1) is 16.4 Å². The minimum atomic E-state index is 0.556. The first-order valence-corrected chi connectivity index (χ1v) is 12.0. The van der Waals surface area contributed by atoms with E-state index in [9.17, 15) is 0 Å². The highest BCUT2D eigenvalue weighted by molar-refractivity contribution is 9.10. The molecule has 0 bridgehead atoms. The zero-order valence-corrected chi connectivity index (χ0v) is 20.4. The molecule has 1 N–H and O–H groups in total. The lowest BCUT2D eigenvalue weighted by atomic mass is 10.1. The third-order valence-electron chi connectivity index (χ3n) is 6.01. The van der Waals surface area contributed by atoms with Gasteiger partial charge in [0, 0.05) is 50.5 Å². The molecule has 3 aromatic heterocycles. The van der Waals surface area contributed by atoms with Gasteiger partial charge in [-0.1, -0.05) is 30.3 Å². The molecular weight excluding hydrogens is 480 g/mol. The largest absolute Gasteiger partial charge is 0.350 e. The van der Waals surface area contributed by atoms with Crippen molar-refractivity contribution in [2.45, 2.75) is 26.4 Å². The fourth-order valence-corrected chi connectivity index (χ4v) is 4.39. The molecule has 4 aromatic rings. The molecule has 0 saturated carbocycles. The van der Waals surface area contributed by atoms with Crippen LogP contribution in [-0.4, -0.2) is 61.7 Å². The van der Waals surface area contributed by atoms with Crippen molar-refractivity contribution in [3.8, 4) is 11.3 Å². The number of hydrogen-bond donors (Lipinski definition) is 1. The Balaban J connectivity index is 1.34. The molecule has 1 saturated heterocycles. The first-order chi connectivity index (χ1) is 16.1. The number of fused-ring (bicyclic) bond motifs is 1. The summed E-state index contributed by atoms with van der Waals surface area (Å²) in [4.78, 5) is 18.8. The van der Waals surface area contributed by atoms with Crippen molar-refractivity contribution in [3.05, 3.63) is 64.9 Å². The van der Waals surface area contributed by atoms with E-state index in [2.05, 4.69) is 79.2 Å². The van der Waals surface area contributed by atoms with Gasteiger partial charge >= 0.3 is 0 Å². The standard InChI is InChI=1S/C24H27BrN8/c1-17(2)31-11-13-32(14-12-31)24-29-22-20(25)16-28-33(22)23(30-24)27-15-18-6-8-19(9-7-18)21-5-3-4-10-26-21/h3-10,16-17H,11-15H2,1-2H3,(H,27,29,30). The van der Waals surface area contributed by atoms with Crippen molar-refractivity contribution < 1.29 is 0 Å². The molecule has 0 atom stereocenters. The van der Waals surface area contributed by atoms with Crippen molar-refractivity contribution in [3.63, 3.8) is 0 Å². The van der Waals surface area contributed by atoms with Gasteiger partial charge < -0.3 is 10.2 Å². The lowest BCUT2D eigenvalue weighted by Crippen LogP contribution is -2.49. The molecule has 0 radical (unpaired) electrons. The van der Waals surface area contributed by atoms with E-state index in [1.54, 1.807) is 10.7 Å². The number of halogens is 1. The van der Waals surface area contributed by atoms with Gasteiger partial charge in [-0.2, -0.15) is 19.6 Å². The first kappa shape index (κ1) is 21.8. The van der Waals surface area contributed by atoms with Crippen LogP contribution in [0.15, 0.2) is 59.3 Å². The van der Waals surface area contributed by atoms with Gasteiger partial charge in [-0.15, -0.1) is 0 Å². The van der Waals surface area contributed by atoms with Crippen LogP contribution in [0.3, 0.4) is 0 Å². The van der Waals surface area contributed by atoms with Crippen LogP contribution in [0.1, 0.15) is 19.4 Å². The zero-order valence-electron chi connectivity index (χ0n) is 18.8. The summed E-state index contributed by atoms with van der Waals surface area (Å²) >= 11 is 3.58. The Kier molecular flexibility index (Phi) is 6.24. The Labute approximate surface area is 201 Å². The SMILES string of the molecule is CC(C)N1CCN(c2nc(NCc3ccc(-c4ccccn4)cc3)n3ncc(Br)c3n2)CC1. The van der Waals surface area contributed by atoms with E-state index in [4.69, 9.17) is 9.97 Å². The van der Waals surface area contributed by atoms with Gasteiger partial charge in [0.25, 0.3) is 0 Å². The molecule has 0 unspecified atom stereocenters. The normalized spacial score (nSPS) is 14.8. The zero-order chi connectivity index (χ0) is 22.8. The van der Waals surface area contributed by atoms with E-state index in [1.165, 1.54) is 0 Å². The minimum absolute atomic E-state index is 0.556. The van der Waals surface area contributed by atoms with E-state index < -0.39 is 0 Å². The van der Waals surface area contributed by atoms with E-state index in [0.29, 0.717) is 18.5 Å². The number of rotatable bonds is 6. The monoisotopic (exact) mass is 506 g/mol. The van der Waals surface area contributed by atoms with Crippen molar-refractivity contribution >= 4 is 33.5 Å². The topological polar surface area (TPSA) is 74.5 Å². The molecule has 1 aromatic carbocycles. The molecule has 0 spiro atoms. The second-order valence-corrected chi connectivity index (χ2v) is 9.31. The van der Waals surface area contributed by atoms with E-state index in [0.717, 1.165) is 59.1 Å². The number of nitrogens with zero attached hydrogens (tertiary/aromatic N) is 7. The number of anilines is 2. The highest BCUT2D eigenvalue weighted by Gasteiger charge is 2.22. The maximum atomic E-state index is 4.84. The predicted octanol–water partition coefficient (Wildman–Crippen LogP) is 4.09. The Morgan fingerprint density at radius 3 is 2.48 bits per heavy atom. The number of aromatic nitrogens is 5. The summed E-state index contributed by atoms with van der Waals surface area (Å²) in [6.45, 7) is 8.96. The first-order valence-electron chi connectivity index (χ1n) is 11.2. The summed E-state index contributed by atoms with van der Waals surface area (Å²) in [7, 11) is 0. The Morgan fingerprint density at radius 2 is 1.79 bits per heavy atom. The highest BCUT2D eigenvalue weighted by Crippen LogP contribution is 2.23. The molecule has 4 heterocycles. The average Bonchev–Trinajstić information content (AvgIpc) is 3.24. The number of hydrogen-bond acceptors (Lipinski definition) is 7. The van der Waals surface area contributed by atoms with Crippen molar-refractivity contribution in [2.24, 2.45) is 0 Å². The Bertz CT molecular complexity index is 1210. The van der Waals surface area contributed by atoms with Crippen LogP contribution in [0.25, 0.3) is 16.9 Å². The second-order valence-electron chi connectivity index (χ2n) is 8.46. The maximum absolute atomic E-state index is 4.84. The number of piperazine rings is 1. The molecule has 5 rings (SSSR count). The number of benzene rings is 1. The van der Waals surface area contributed by atoms with Gasteiger partial charge in [-0.05, 0) is 47.5 Å². The van der Waals surface area contributed by atoms with Gasteiger partial charge in [0.2, 0.25) is 11.9 Å². The summed E-state index contributed by atoms with van der Waals surface area (Å²) in [6, 6.07) is 14.9. The van der Waals surface area contributed by atoms with E-state index in [-0.39, 0.29) is 0 Å². The molecule has 1 fully saturated rings. The van der Waals surface area contributed by atoms with Crippen LogP contribution in [0.5, 0.6) is 0 Å². The van der Waals surface area contributed by atoms with Crippen molar-refractivity contribution in [2.75, 3.05) is 36.4 Å². The fraction of sp³-hybridized carbons (Fsp3) is 0.333. The third kappa shape index (κ3) is 4.69. The summed E-state index contributed by atoms with van der Waals surface area (Å²) < 4.78 is 2.61. The van der Waals surface area contributed by atoms with Crippen LogP contribution in [0.4, 0.5) is 11.9 Å². The quantitative estimate of drug-likeness (QED) is 0.422. The maximum Gasteiger partial charge on any atom is 0.230 e. The summed E-state index contributed by atoms with van der Waals surface area (Å²) in [5, 5.41) is 7.91. The van der Waals surface area contributed by atoms with Crippen molar-refractivity contribution in [1.29, 1.82) is 0 Å². The summed E-state index contributed by atoms with van der Waals surface area (Å²) in [5.74, 6) is 1.42. The molecule has 9 heteroatoms. The van der Waals surface area contributed by atoms with Crippen LogP contribution in [-0.2, 0) is 6.54 Å². The summed E-state index contributed by atoms with van der Waals surface area (Å²) in [6.07, 6.45) is 3.57. The van der Waals surface area contributed by atoms with Gasteiger partial charge in [-0.3, -0.25) is 9.88 Å². The van der Waals surface area contributed by atoms with Crippen LogP contribution >= 0.6 is 15.9 Å². The van der Waals surface area contributed by atoms with E-state index in [1.807, 2.05) is 24.4 Å². The Morgan fingerprint density at radius 1 is 1.00 bits per heavy atom. The molecule has 33 heavy (non-hydrogen) atoms. The molecule has 1 aliphatic rings. The minimum Gasteiger partial charge on any atom is -0.350 e. The molecule has 1 aliphatic heterocycles. The number of pyridine rings is 1. The van der Waals surface area contributed by atoms with Crippen LogP contribution < -0.4 is 10.2 Å². The summed E-state index contributed by atoms with van der Waals surface area (Å²) in [5.41, 5.74) is 3.99. The lowest BCUT2D eigenvalue weighted by Gasteiger charge is -2.36. The molecule has 0 amide bonds. The van der Waals surface area contributed by atoms with Crippen LogP contribution in [0.2, 0.25) is 0 Å². The van der Waals surface area contributed by atoms with Crippen LogP contribution in [0, 0.1) is 0 Å². The van der Waals surface area contributed by atoms with Gasteiger partial charge in [0.1, 0.15) is 0 Å². The number of nitrogens with one attached hydrogen (secondary N) is 1. The lowest BCUT2D eigenvalue weighted by molar-refractivity contribution is 0.208. The molecule has 8 nitrogen and oxygen atoms in total. The molecule has 0 aliphatic carbocycles. The third-order valence-corrected chi connectivity index (χ3v) is 6.57. The highest BCUT2D eigenvalue weighted by atomic mass is 79.9. The predicted molar refractivity (Wildman–Crippen MR) is 134 cm³/mol. The van der Waals surface area contributed by atoms with Gasteiger partial charge in [0.15, 0.2) is 5.65 Å². The molecular formula is C24H27BrN8. The second kappa shape index (κ2) is 9.44.